The van der Waals surface area contributed by atoms with E-state index >= 15 is 0 Å². The lowest BCUT2D eigenvalue weighted by atomic mass is 9.80. The minimum atomic E-state index is -3.33. The van der Waals surface area contributed by atoms with Crippen molar-refractivity contribution >= 4 is 10.0 Å². The van der Waals surface area contributed by atoms with Gasteiger partial charge in [0.25, 0.3) is 0 Å². The standard InChI is InChI=1S/C8H17NO4S/c1-13-8(3-2-4-8)7-9-14(11,12)6-5-10/h9-10H,2-7H2,1H3. The molecule has 1 rings (SSSR count). The molecule has 0 aromatic rings. The van der Waals surface area contributed by atoms with Gasteiger partial charge < -0.3 is 9.84 Å². The van der Waals surface area contributed by atoms with Gasteiger partial charge in [-0.05, 0) is 19.3 Å². The van der Waals surface area contributed by atoms with E-state index in [-0.39, 0.29) is 18.0 Å². The van der Waals surface area contributed by atoms with Gasteiger partial charge in [-0.15, -0.1) is 0 Å². The molecule has 2 N–H and O–H groups in total. The molecule has 1 aliphatic rings. The lowest BCUT2D eigenvalue weighted by Gasteiger charge is -2.40. The molecule has 0 radical (unpaired) electrons. The van der Waals surface area contributed by atoms with Gasteiger partial charge in [0, 0.05) is 13.7 Å². The minimum Gasteiger partial charge on any atom is -0.395 e. The summed E-state index contributed by atoms with van der Waals surface area (Å²) in [4.78, 5) is 0. The molecule has 14 heavy (non-hydrogen) atoms. The van der Waals surface area contributed by atoms with Crippen LogP contribution >= 0.6 is 0 Å². The van der Waals surface area contributed by atoms with Crippen LogP contribution in [-0.2, 0) is 14.8 Å². The number of aliphatic hydroxyl groups excluding tert-OH is 1. The molecular formula is C8H17NO4S. The van der Waals surface area contributed by atoms with Gasteiger partial charge in [-0.2, -0.15) is 0 Å². The van der Waals surface area contributed by atoms with Crippen molar-refractivity contribution in [3.05, 3.63) is 0 Å². The van der Waals surface area contributed by atoms with Gasteiger partial charge >= 0.3 is 0 Å². The summed E-state index contributed by atoms with van der Waals surface area (Å²) < 4.78 is 30.1. The first-order valence-electron chi connectivity index (χ1n) is 4.67. The topological polar surface area (TPSA) is 75.6 Å². The van der Waals surface area contributed by atoms with E-state index in [4.69, 9.17) is 9.84 Å². The van der Waals surface area contributed by atoms with Gasteiger partial charge in [0.2, 0.25) is 10.0 Å². The maximum atomic E-state index is 11.2. The van der Waals surface area contributed by atoms with Gasteiger partial charge in [0.1, 0.15) is 0 Å². The Bertz CT molecular complexity index is 266. The Labute approximate surface area is 84.5 Å². The number of sulfonamides is 1. The molecule has 0 bridgehead atoms. The number of aliphatic hydroxyl groups is 1. The zero-order valence-electron chi connectivity index (χ0n) is 8.32. The fraction of sp³-hybridized carbons (Fsp3) is 1.00. The fourth-order valence-electron chi connectivity index (χ4n) is 1.46. The van der Waals surface area contributed by atoms with Crippen LogP contribution in [0.3, 0.4) is 0 Å². The Kier molecular flexibility index (Phi) is 3.88. The zero-order chi connectivity index (χ0) is 10.7. The molecule has 0 saturated heterocycles. The van der Waals surface area contributed by atoms with E-state index in [1.165, 1.54) is 0 Å². The second kappa shape index (κ2) is 4.57. The first-order chi connectivity index (χ1) is 6.54. The van der Waals surface area contributed by atoms with E-state index in [2.05, 4.69) is 4.72 Å². The maximum absolute atomic E-state index is 11.2. The Morgan fingerprint density at radius 3 is 2.50 bits per heavy atom. The predicted molar refractivity (Wildman–Crippen MR) is 52.5 cm³/mol. The highest BCUT2D eigenvalue weighted by molar-refractivity contribution is 7.89. The maximum Gasteiger partial charge on any atom is 0.213 e. The van der Waals surface area contributed by atoms with Crippen molar-refractivity contribution in [1.29, 1.82) is 0 Å². The molecule has 84 valence electrons. The monoisotopic (exact) mass is 223 g/mol. The molecule has 5 nitrogen and oxygen atoms in total. The SMILES string of the molecule is COC1(CNS(=O)(=O)CCO)CCC1. The van der Waals surface area contributed by atoms with Crippen LogP contribution in [0.15, 0.2) is 0 Å². The van der Waals surface area contributed by atoms with Gasteiger partial charge in [-0.25, -0.2) is 13.1 Å². The second-order valence-corrected chi connectivity index (χ2v) is 5.53. The third-order valence-electron chi connectivity index (χ3n) is 2.67. The van der Waals surface area contributed by atoms with Crippen molar-refractivity contribution in [2.45, 2.75) is 24.9 Å². The van der Waals surface area contributed by atoms with Crippen LogP contribution in [-0.4, -0.2) is 45.1 Å². The van der Waals surface area contributed by atoms with E-state index in [1.807, 2.05) is 0 Å². The lowest BCUT2D eigenvalue weighted by Crippen LogP contribution is -2.49. The third kappa shape index (κ3) is 2.91. The van der Waals surface area contributed by atoms with Crippen molar-refractivity contribution in [2.75, 3.05) is 26.0 Å². The van der Waals surface area contributed by atoms with Gasteiger partial charge in [0.05, 0.1) is 18.0 Å². The Balaban J connectivity index is 2.39. The lowest BCUT2D eigenvalue weighted by molar-refractivity contribution is -0.0659. The summed E-state index contributed by atoms with van der Waals surface area (Å²) >= 11 is 0. The molecule has 1 aliphatic carbocycles. The van der Waals surface area contributed by atoms with E-state index in [1.54, 1.807) is 7.11 Å². The van der Waals surface area contributed by atoms with Crippen molar-refractivity contribution in [3.63, 3.8) is 0 Å². The number of rotatable bonds is 6. The third-order valence-corrected chi connectivity index (χ3v) is 3.98. The Morgan fingerprint density at radius 2 is 2.14 bits per heavy atom. The van der Waals surface area contributed by atoms with Crippen molar-refractivity contribution < 1.29 is 18.3 Å². The predicted octanol–water partition coefficient (Wildman–Crippen LogP) is -0.533. The Morgan fingerprint density at radius 1 is 1.50 bits per heavy atom. The van der Waals surface area contributed by atoms with Crippen molar-refractivity contribution in [3.8, 4) is 0 Å². The number of hydrogen-bond donors (Lipinski definition) is 2. The van der Waals surface area contributed by atoms with Crippen LogP contribution < -0.4 is 4.72 Å². The average molecular weight is 223 g/mol. The zero-order valence-corrected chi connectivity index (χ0v) is 9.14. The summed E-state index contributed by atoms with van der Waals surface area (Å²) in [7, 11) is -1.73. The Hall–Kier alpha value is -0.170. The average Bonchev–Trinajstić information content (AvgIpc) is 2.03. The summed E-state index contributed by atoms with van der Waals surface area (Å²) in [5.41, 5.74) is -0.303. The van der Waals surface area contributed by atoms with E-state index in [9.17, 15) is 8.42 Å². The number of methoxy groups -OCH3 is 1. The van der Waals surface area contributed by atoms with Crippen molar-refractivity contribution in [1.82, 2.24) is 4.72 Å². The molecule has 0 aromatic heterocycles. The molecule has 0 aromatic carbocycles. The van der Waals surface area contributed by atoms with Crippen LogP contribution in [0.4, 0.5) is 0 Å². The molecule has 0 unspecified atom stereocenters. The largest absolute Gasteiger partial charge is 0.395 e. The smallest absolute Gasteiger partial charge is 0.213 e. The summed E-state index contributed by atoms with van der Waals surface area (Å²) in [6.07, 6.45) is 2.87. The highest BCUT2D eigenvalue weighted by atomic mass is 32.2. The van der Waals surface area contributed by atoms with Crippen LogP contribution in [0.1, 0.15) is 19.3 Å². The van der Waals surface area contributed by atoms with Crippen LogP contribution in [0.25, 0.3) is 0 Å². The van der Waals surface area contributed by atoms with E-state index < -0.39 is 10.0 Å². The summed E-state index contributed by atoms with van der Waals surface area (Å²) in [5.74, 6) is -0.243. The molecule has 0 atom stereocenters. The highest BCUT2D eigenvalue weighted by Crippen LogP contribution is 2.34. The van der Waals surface area contributed by atoms with Crippen LogP contribution in [0.5, 0.6) is 0 Å². The quantitative estimate of drug-likeness (QED) is 0.634. The number of ether oxygens (including phenoxy) is 1. The van der Waals surface area contributed by atoms with Gasteiger partial charge in [-0.1, -0.05) is 0 Å². The number of hydrogen-bond acceptors (Lipinski definition) is 4. The molecule has 6 heteroatoms. The molecule has 0 spiro atoms. The summed E-state index contributed by atoms with van der Waals surface area (Å²) in [6.45, 7) is -0.0405. The van der Waals surface area contributed by atoms with Gasteiger partial charge in [0.15, 0.2) is 0 Å². The van der Waals surface area contributed by atoms with Crippen molar-refractivity contribution in [2.24, 2.45) is 0 Å². The molecular weight excluding hydrogens is 206 g/mol. The van der Waals surface area contributed by atoms with Crippen LogP contribution in [0.2, 0.25) is 0 Å². The first kappa shape index (κ1) is 11.9. The summed E-state index contributed by atoms with van der Waals surface area (Å²) in [6, 6.07) is 0. The number of nitrogens with one attached hydrogen (secondary N) is 1. The van der Waals surface area contributed by atoms with E-state index in [0.29, 0.717) is 6.54 Å². The normalized spacial score (nSPS) is 20.4. The fourth-order valence-corrected chi connectivity index (χ4v) is 2.33. The molecule has 0 amide bonds. The second-order valence-electron chi connectivity index (χ2n) is 3.60. The van der Waals surface area contributed by atoms with E-state index in [0.717, 1.165) is 19.3 Å². The van der Waals surface area contributed by atoms with Gasteiger partial charge in [-0.3, -0.25) is 0 Å². The highest BCUT2D eigenvalue weighted by Gasteiger charge is 2.37. The molecule has 0 heterocycles. The molecule has 1 saturated carbocycles. The van der Waals surface area contributed by atoms with Crippen LogP contribution in [0, 0.1) is 0 Å². The molecule has 0 aliphatic heterocycles. The summed E-state index contributed by atoms with van der Waals surface area (Å²) in [5, 5.41) is 8.51. The first-order valence-corrected chi connectivity index (χ1v) is 6.32. The minimum absolute atomic E-state index is 0.243. The molecule has 1 fully saturated rings.